The predicted octanol–water partition coefficient (Wildman–Crippen LogP) is 2.07. The fourth-order valence-electron chi connectivity index (χ4n) is 2.79. The molecule has 2 unspecified atom stereocenters. The Morgan fingerprint density at radius 1 is 1.24 bits per heavy atom. The lowest BCUT2D eigenvalue weighted by Gasteiger charge is -2.37. The first-order chi connectivity index (χ1) is 9.21. The fraction of sp³-hybridized carbons (Fsp3) is 0.867. The minimum atomic E-state index is -0.198. The Morgan fingerprint density at radius 2 is 1.76 bits per heavy atom. The van der Waals surface area contributed by atoms with Crippen molar-refractivity contribution in [2.45, 2.75) is 46.6 Å². The number of halogens is 1. The van der Waals surface area contributed by atoms with Gasteiger partial charge in [-0.2, -0.15) is 0 Å². The molecule has 0 radical (unpaired) electrons. The second-order valence-corrected chi connectivity index (χ2v) is 7.05. The number of hydrogen-bond acceptors (Lipinski definition) is 2. The van der Waals surface area contributed by atoms with Crippen molar-refractivity contribution in [2.24, 2.45) is 16.8 Å². The van der Waals surface area contributed by atoms with E-state index in [1.807, 2.05) is 20.8 Å². The van der Waals surface area contributed by atoms with E-state index < -0.39 is 0 Å². The predicted molar refractivity (Wildman–Crippen MR) is 99.2 cm³/mol. The van der Waals surface area contributed by atoms with Crippen LogP contribution in [0.4, 0.5) is 0 Å². The van der Waals surface area contributed by atoms with Crippen molar-refractivity contribution in [1.29, 1.82) is 0 Å². The highest BCUT2D eigenvalue weighted by Crippen LogP contribution is 2.20. The molecule has 0 aromatic carbocycles. The largest absolute Gasteiger partial charge is 0.350 e. The summed E-state index contributed by atoms with van der Waals surface area (Å²) in [5.74, 6) is 2.16. The summed E-state index contributed by atoms with van der Waals surface area (Å²) in [4.78, 5) is 18.4. The number of amides is 1. The van der Waals surface area contributed by atoms with Crippen LogP contribution in [0, 0.1) is 11.8 Å². The van der Waals surface area contributed by atoms with Gasteiger partial charge >= 0.3 is 0 Å². The average Bonchev–Trinajstić information content (AvgIpc) is 2.25. The lowest BCUT2D eigenvalue weighted by Crippen LogP contribution is -2.52. The van der Waals surface area contributed by atoms with Gasteiger partial charge in [-0.3, -0.25) is 9.79 Å². The molecule has 1 aliphatic heterocycles. The summed E-state index contributed by atoms with van der Waals surface area (Å²) < 4.78 is 0. The highest BCUT2D eigenvalue weighted by Gasteiger charge is 2.24. The monoisotopic (exact) mass is 410 g/mol. The third-order valence-electron chi connectivity index (χ3n) is 3.30. The zero-order valence-electron chi connectivity index (χ0n) is 14.2. The molecule has 1 rings (SSSR count). The zero-order chi connectivity index (χ0) is 15.3. The van der Waals surface area contributed by atoms with Gasteiger partial charge in [-0.25, -0.2) is 0 Å². The number of carbonyl (C=O) groups excluding carboxylic acids is 1. The average molecular weight is 410 g/mol. The van der Waals surface area contributed by atoms with Gasteiger partial charge in [0.1, 0.15) is 0 Å². The summed E-state index contributed by atoms with van der Waals surface area (Å²) in [6.07, 6.45) is 1.26. The first kappa shape index (κ1) is 20.5. The van der Waals surface area contributed by atoms with E-state index >= 15 is 0 Å². The van der Waals surface area contributed by atoms with Crippen LogP contribution in [-0.4, -0.2) is 49.0 Å². The van der Waals surface area contributed by atoms with Crippen molar-refractivity contribution in [1.82, 2.24) is 15.5 Å². The number of piperidine rings is 1. The molecule has 2 N–H and O–H groups in total. The Balaban J connectivity index is 0.00000400. The minimum absolute atomic E-state index is 0. The molecule has 5 nitrogen and oxygen atoms in total. The Labute approximate surface area is 146 Å². The molecule has 0 bridgehead atoms. The van der Waals surface area contributed by atoms with Crippen LogP contribution in [0.25, 0.3) is 0 Å². The van der Waals surface area contributed by atoms with Crippen molar-refractivity contribution in [3.8, 4) is 0 Å². The molecule has 21 heavy (non-hydrogen) atoms. The smallest absolute Gasteiger partial charge is 0.239 e. The van der Waals surface area contributed by atoms with Crippen LogP contribution in [0.15, 0.2) is 4.99 Å². The molecule has 0 saturated carbocycles. The second-order valence-electron chi connectivity index (χ2n) is 7.05. The van der Waals surface area contributed by atoms with Crippen LogP contribution in [0.5, 0.6) is 0 Å². The molecular formula is C15H31IN4O. The van der Waals surface area contributed by atoms with Crippen molar-refractivity contribution in [2.75, 3.05) is 26.7 Å². The van der Waals surface area contributed by atoms with E-state index in [2.05, 4.69) is 34.4 Å². The Bertz CT molecular complexity index is 355. The van der Waals surface area contributed by atoms with Gasteiger partial charge in [-0.1, -0.05) is 13.8 Å². The van der Waals surface area contributed by atoms with E-state index in [1.165, 1.54) is 6.42 Å². The fourth-order valence-corrected chi connectivity index (χ4v) is 2.79. The lowest BCUT2D eigenvalue weighted by atomic mass is 9.92. The lowest BCUT2D eigenvalue weighted by molar-refractivity contribution is -0.121. The summed E-state index contributed by atoms with van der Waals surface area (Å²) in [7, 11) is 1.77. The van der Waals surface area contributed by atoms with Gasteiger partial charge in [0.15, 0.2) is 5.96 Å². The molecule has 0 aromatic heterocycles. The molecule has 2 atom stereocenters. The minimum Gasteiger partial charge on any atom is -0.350 e. The van der Waals surface area contributed by atoms with Gasteiger partial charge in [0.2, 0.25) is 5.91 Å². The highest BCUT2D eigenvalue weighted by atomic mass is 127. The second kappa shape index (κ2) is 8.80. The first-order valence-electron chi connectivity index (χ1n) is 7.48. The topological polar surface area (TPSA) is 56.7 Å². The molecule has 6 heteroatoms. The number of nitrogens with zero attached hydrogens (tertiary/aromatic N) is 2. The molecule has 124 valence electrons. The number of carbonyl (C=O) groups is 1. The summed E-state index contributed by atoms with van der Waals surface area (Å²) in [6.45, 7) is 12.7. The maximum atomic E-state index is 11.8. The molecule has 1 amide bonds. The van der Waals surface area contributed by atoms with Gasteiger partial charge in [-0.15, -0.1) is 24.0 Å². The van der Waals surface area contributed by atoms with Crippen LogP contribution < -0.4 is 10.6 Å². The van der Waals surface area contributed by atoms with Gasteiger partial charge in [0.05, 0.1) is 6.54 Å². The van der Waals surface area contributed by atoms with Crippen LogP contribution in [0.3, 0.4) is 0 Å². The third-order valence-corrected chi connectivity index (χ3v) is 3.30. The van der Waals surface area contributed by atoms with Crippen molar-refractivity contribution in [3.63, 3.8) is 0 Å². The standard InChI is InChI=1S/C15H30N4O.HI/c1-11-7-12(2)10-19(9-11)14(16-6)17-8-13(20)18-15(3,4)5;/h11-12H,7-10H2,1-6H3,(H,16,17)(H,18,20);1H. The van der Waals surface area contributed by atoms with Crippen molar-refractivity contribution >= 4 is 35.8 Å². The summed E-state index contributed by atoms with van der Waals surface area (Å²) in [5, 5.41) is 6.11. The molecule has 0 aliphatic carbocycles. The van der Waals surface area contributed by atoms with Crippen molar-refractivity contribution < 1.29 is 4.79 Å². The van der Waals surface area contributed by atoms with E-state index in [-0.39, 0.29) is 42.0 Å². The molecule has 0 aromatic rings. The van der Waals surface area contributed by atoms with Crippen LogP contribution in [0.2, 0.25) is 0 Å². The number of likely N-dealkylation sites (tertiary alicyclic amines) is 1. The maximum Gasteiger partial charge on any atom is 0.239 e. The van der Waals surface area contributed by atoms with E-state index in [9.17, 15) is 4.79 Å². The van der Waals surface area contributed by atoms with E-state index in [0.29, 0.717) is 11.8 Å². The Hall–Kier alpha value is -0.530. The SMILES string of the molecule is CN=C(NCC(=O)NC(C)(C)C)N1CC(C)CC(C)C1.I. The number of guanidine groups is 1. The number of aliphatic imine (C=N–C) groups is 1. The van der Waals surface area contributed by atoms with Gasteiger partial charge in [-0.05, 0) is 39.0 Å². The summed E-state index contributed by atoms with van der Waals surface area (Å²) in [5.41, 5.74) is -0.198. The number of nitrogens with one attached hydrogen (secondary N) is 2. The maximum absolute atomic E-state index is 11.8. The zero-order valence-corrected chi connectivity index (χ0v) is 16.5. The quantitative estimate of drug-likeness (QED) is 0.417. The van der Waals surface area contributed by atoms with Crippen LogP contribution >= 0.6 is 24.0 Å². The molecule has 1 heterocycles. The van der Waals surface area contributed by atoms with Gasteiger partial charge in [0, 0.05) is 25.7 Å². The Morgan fingerprint density at radius 3 is 2.19 bits per heavy atom. The highest BCUT2D eigenvalue weighted by molar-refractivity contribution is 14.0. The van der Waals surface area contributed by atoms with Crippen LogP contribution in [-0.2, 0) is 4.79 Å². The normalized spacial score (nSPS) is 23.3. The molecule has 1 saturated heterocycles. The first-order valence-corrected chi connectivity index (χ1v) is 7.48. The number of rotatable bonds is 2. The number of hydrogen-bond donors (Lipinski definition) is 2. The van der Waals surface area contributed by atoms with Crippen LogP contribution in [0.1, 0.15) is 41.0 Å². The molecule has 0 spiro atoms. The van der Waals surface area contributed by atoms with E-state index in [0.717, 1.165) is 19.0 Å². The summed E-state index contributed by atoms with van der Waals surface area (Å²) >= 11 is 0. The molecule has 1 fully saturated rings. The summed E-state index contributed by atoms with van der Waals surface area (Å²) in [6, 6.07) is 0. The third kappa shape index (κ3) is 7.87. The van der Waals surface area contributed by atoms with Gasteiger partial charge in [0.25, 0.3) is 0 Å². The van der Waals surface area contributed by atoms with Gasteiger partial charge < -0.3 is 15.5 Å². The molecule has 1 aliphatic rings. The van der Waals surface area contributed by atoms with E-state index in [1.54, 1.807) is 7.05 Å². The van der Waals surface area contributed by atoms with E-state index in [4.69, 9.17) is 0 Å². The van der Waals surface area contributed by atoms with Crippen molar-refractivity contribution in [3.05, 3.63) is 0 Å². The molecular weight excluding hydrogens is 379 g/mol. The Kier molecular flexibility index (Phi) is 8.58.